The average Bonchev–Trinajstić information content (AvgIpc) is 3.29. The summed E-state index contributed by atoms with van der Waals surface area (Å²) < 4.78 is 18.6. The van der Waals surface area contributed by atoms with E-state index in [0.29, 0.717) is 35.3 Å². The summed E-state index contributed by atoms with van der Waals surface area (Å²) in [6.45, 7) is 10.8. The van der Waals surface area contributed by atoms with E-state index in [4.69, 9.17) is 14.2 Å². The molecule has 0 bridgehead atoms. The van der Waals surface area contributed by atoms with E-state index < -0.39 is 12.0 Å². The van der Waals surface area contributed by atoms with E-state index in [1.807, 2.05) is 18.2 Å². The van der Waals surface area contributed by atoms with Gasteiger partial charge in [0.15, 0.2) is 11.5 Å². The number of tetrazole rings is 1. The van der Waals surface area contributed by atoms with Crippen LogP contribution in [-0.2, 0) is 21.6 Å². The second-order valence-corrected chi connectivity index (χ2v) is 9.38. The number of carbonyl (C=O) groups is 1. The van der Waals surface area contributed by atoms with Crippen molar-refractivity contribution in [3.05, 3.63) is 70.4 Å². The van der Waals surface area contributed by atoms with Crippen LogP contribution in [0.25, 0.3) is 0 Å². The number of hydrogen-bond acceptors (Lipinski definition) is 8. The topological polar surface area (TPSA) is 100 Å². The van der Waals surface area contributed by atoms with Crippen molar-refractivity contribution in [3.8, 4) is 11.5 Å². The van der Waals surface area contributed by atoms with Gasteiger partial charge in [0.05, 0.1) is 19.3 Å². The molecule has 0 amide bonds. The zero-order valence-electron chi connectivity index (χ0n) is 21.0. The van der Waals surface area contributed by atoms with E-state index in [0.717, 1.165) is 11.1 Å². The number of carbonyl (C=O) groups excluding carboxylic acids is 1. The van der Waals surface area contributed by atoms with Gasteiger partial charge in [-0.25, -0.2) is 4.79 Å². The van der Waals surface area contributed by atoms with Crippen LogP contribution in [0, 0.1) is 0 Å². The summed E-state index contributed by atoms with van der Waals surface area (Å²) in [6.07, 6.45) is 0. The minimum absolute atomic E-state index is 0.0990. The number of anilines is 1. The summed E-state index contributed by atoms with van der Waals surface area (Å²) in [5, 5.41) is 14.9. The van der Waals surface area contributed by atoms with Gasteiger partial charge in [0.1, 0.15) is 12.6 Å². The van der Waals surface area contributed by atoms with Crippen molar-refractivity contribution in [2.45, 2.75) is 52.7 Å². The van der Waals surface area contributed by atoms with Crippen LogP contribution in [0.3, 0.4) is 0 Å². The highest BCUT2D eigenvalue weighted by Crippen LogP contribution is 2.38. The molecule has 0 radical (unpaired) electrons. The van der Waals surface area contributed by atoms with Gasteiger partial charge in [0.25, 0.3) is 0 Å². The molecule has 0 aliphatic carbocycles. The molecule has 1 aliphatic heterocycles. The Kier molecular flexibility index (Phi) is 6.77. The Morgan fingerprint density at radius 3 is 2.51 bits per heavy atom. The molecule has 1 atom stereocenters. The second kappa shape index (κ2) is 9.77. The van der Waals surface area contributed by atoms with E-state index in [2.05, 4.69) is 65.9 Å². The Labute approximate surface area is 205 Å². The van der Waals surface area contributed by atoms with Gasteiger partial charge in [-0.05, 0) is 58.5 Å². The Bertz CT molecular complexity index is 1240. The van der Waals surface area contributed by atoms with Crippen LogP contribution in [0.5, 0.6) is 11.5 Å². The first-order valence-electron chi connectivity index (χ1n) is 11.6. The first-order chi connectivity index (χ1) is 16.7. The zero-order chi connectivity index (χ0) is 25.2. The summed E-state index contributed by atoms with van der Waals surface area (Å²) >= 11 is 0. The van der Waals surface area contributed by atoms with Gasteiger partial charge in [-0.3, -0.25) is 0 Å². The minimum Gasteiger partial charge on any atom is -0.493 e. The van der Waals surface area contributed by atoms with Crippen LogP contribution >= 0.6 is 0 Å². The van der Waals surface area contributed by atoms with Crippen LogP contribution in [0.4, 0.5) is 5.95 Å². The van der Waals surface area contributed by atoms with Gasteiger partial charge >= 0.3 is 5.97 Å². The molecule has 1 aromatic heterocycles. The third-order valence-corrected chi connectivity index (χ3v) is 5.93. The van der Waals surface area contributed by atoms with Crippen LogP contribution in [0.15, 0.2) is 53.7 Å². The van der Waals surface area contributed by atoms with Crippen LogP contribution in [0.2, 0.25) is 0 Å². The summed E-state index contributed by atoms with van der Waals surface area (Å²) in [5.74, 6) is 1.16. The number of allylic oxidation sites excluding steroid dienone is 1. The molecule has 0 saturated carbocycles. The number of ether oxygens (including phenoxy) is 3. The van der Waals surface area contributed by atoms with Crippen molar-refractivity contribution in [3.63, 3.8) is 0 Å². The molecule has 35 heavy (non-hydrogen) atoms. The number of nitrogens with zero attached hydrogens (tertiary/aromatic N) is 4. The predicted molar refractivity (Wildman–Crippen MR) is 131 cm³/mol. The molecule has 9 nitrogen and oxygen atoms in total. The summed E-state index contributed by atoms with van der Waals surface area (Å²) in [6, 6.07) is 13.4. The molecule has 4 rings (SSSR count). The van der Waals surface area contributed by atoms with E-state index in [-0.39, 0.29) is 12.0 Å². The number of methoxy groups -OCH3 is 1. The van der Waals surface area contributed by atoms with Crippen molar-refractivity contribution >= 4 is 11.9 Å². The van der Waals surface area contributed by atoms with Gasteiger partial charge in [-0.2, -0.15) is 4.68 Å². The van der Waals surface area contributed by atoms with Crippen LogP contribution in [0.1, 0.15) is 57.4 Å². The number of nitrogens with one attached hydrogen (secondary N) is 1. The number of benzene rings is 2. The number of esters is 1. The standard InChI is InChI=1S/C26H31N5O4/c1-7-34-24(32)22-16(2)27-25-28-29-30-31(25)23(22)18-10-13-20(21(14-18)33-6)35-15-17-8-11-19(12-9-17)26(3,4)5/h8-14,23H,7,15H2,1-6H3,(H,27,28,30). The normalized spacial score (nSPS) is 15.3. The lowest BCUT2D eigenvalue weighted by Gasteiger charge is -2.27. The minimum atomic E-state index is -0.576. The van der Waals surface area contributed by atoms with E-state index in [1.165, 1.54) is 5.56 Å². The second-order valence-electron chi connectivity index (χ2n) is 9.38. The number of rotatable bonds is 7. The number of hydrogen-bond donors (Lipinski definition) is 1. The van der Waals surface area contributed by atoms with Crippen LogP contribution in [-0.4, -0.2) is 39.9 Å². The maximum absolute atomic E-state index is 12.8. The lowest BCUT2D eigenvalue weighted by molar-refractivity contribution is -0.139. The first-order valence-corrected chi connectivity index (χ1v) is 11.6. The third-order valence-electron chi connectivity index (χ3n) is 5.93. The molecule has 184 valence electrons. The molecule has 0 spiro atoms. The molecule has 2 heterocycles. The largest absolute Gasteiger partial charge is 0.493 e. The molecule has 0 fully saturated rings. The highest BCUT2D eigenvalue weighted by atomic mass is 16.5. The molecule has 1 N–H and O–H groups in total. The van der Waals surface area contributed by atoms with Crippen LogP contribution < -0.4 is 14.8 Å². The van der Waals surface area contributed by atoms with Gasteiger partial charge in [-0.15, -0.1) is 0 Å². The molecule has 2 aromatic carbocycles. The molecular formula is C26H31N5O4. The molecule has 1 aliphatic rings. The van der Waals surface area contributed by atoms with Gasteiger partial charge in [0, 0.05) is 5.70 Å². The molecular weight excluding hydrogens is 446 g/mol. The fourth-order valence-corrected chi connectivity index (χ4v) is 4.03. The number of fused-ring (bicyclic) bond motifs is 1. The zero-order valence-corrected chi connectivity index (χ0v) is 21.0. The van der Waals surface area contributed by atoms with Crippen molar-refractivity contribution in [1.82, 2.24) is 20.2 Å². The highest BCUT2D eigenvalue weighted by Gasteiger charge is 2.35. The molecule has 3 aromatic rings. The monoisotopic (exact) mass is 477 g/mol. The van der Waals surface area contributed by atoms with Crippen molar-refractivity contribution in [2.75, 3.05) is 19.0 Å². The van der Waals surface area contributed by atoms with Crippen molar-refractivity contribution < 1.29 is 19.0 Å². The Balaban J connectivity index is 1.61. The average molecular weight is 478 g/mol. The highest BCUT2D eigenvalue weighted by molar-refractivity contribution is 5.92. The predicted octanol–water partition coefficient (Wildman–Crippen LogP) is 4.41. The third kappa shape index (κ3) is 4.99. The molecule has 1 unspecified atom stereocenters. The fraction of sp³-hybridized carbons (Fsp3) is 0.385. The van der Waals surface area contributed by atoms with Crippen molar-refractivity contribution in [1.29, 1.82) is 0 Å². The van der Waals surface area contributed by atoms with Gasteiger partial charge in [0.2, 0.25) is 5.95 Å². The quantitative estimate of drug-likeness (QED) is 0.500. The fourth-order valence-electron chi connectivity index (χ4n) is 4.03. The van der Waals surface area contributed by atoms with E-state index >= 15 is 0 Å². The molecule has 9 heteroatoms. The smallest absolute Gasteiger partial charge is 0.338 e. The SMILES string of the molecule is CCOC(=O)C1=C(C)Nc2nnnn2C1c1ccc(OCc2ccc(C(C)(C)C)cc2)c(OC)c1. The maximum atomic E-state index is 12.8. The Morgan fingerprint density at radius 1 is 1.11 bits per heavy atom. The van der Waals surface area contributed by atoms with Gasteiger partial charge in [-0.1, -0.05) is 56.2 Å². The molecule has 0 saturated heterocycles. The Hall–Kier alpha value is -3.88. The van der Waals surface area contributed by atoms with E-state index in [1.54, 1.807) is 25.6 Å². The summed E-state index contributed by atoms with van der Waals surface area (Å²) in [7, 11) is 1.59. The summed E-state index contributed by atoms with van der Waals surface area (Å²) in [5.41, 5.74) is 4.26. The maximum Gasteiger partial charge on any atom is 0.338 e. The summed E-state index contributed by atoms with van der Waals surface area (Å²) in [4.78, 5) is 12.8. The Morgan fingerprint density at radius 2 is 1.86 bits per heavy atom. The van der Waals surface area contributed by atoms with Gasteiger partial charge < -0.3 is 19.5 Å². The van der Waals surface area contributed by atoms with Crippen molar-refractivity contribution in [2.24, 2.45) is 0 Å². The lowest BCUT2D eigenvalue weighted by Crippen LogP contribution is -2.29. The lowest BCUT2D eigenvalue weighted by atomic mass is 9.87. The number of aromatic nitrogens is 4. The first kappa shape index (κ1) is 24.3. The van der Waals surface area contributed by atoms with E-state index in [9.17, 15) is 4.79 Å².